The highest BCUT2D eigenvalue weighted by atomic mass is 16.7. The van der Waals surface area contributed by atoms with E-state index in [0.717, 1.165) is 89.9 Å². The van der Waals surface area contributed by atoms with Crippen LogP contribution in [-0.4, -0.2) is 46.8 Å². The maximum atomic E-state index is 13.1. The summed E-state index contributed by atoms with van der Waals surface area (Å²) in [6.07, 6.45) is 14.8. The average molecular weight is 690 g/mol. The number of urea groups is 1. The van der Waals surface area contributed by atoms with Crippen LogP contribution in [0.1, 0.15) is 105 Å². The summed E-state index contributed by atoms with van der Waals surface area (Å²) in [6, 6.07) is 25.6. The number of benzene rings is 3. The molecule has 6 aliphatic rings. The number of aliphatic hydroxyl groups excluding tert-OH is 1. The Morgan fingerprint density at radius 1 is 0.843 bits per heavy atom. The van der Waals surface area contributed by atoms with E-state index in [1.807, 2.05) is 18.2 Å². The van der Waals surface area contributed by atoms with E-state index in [0.29, 0.717) is 12.6 Å². The molecule has 3 N–H and O–H groups in total. The molecule has 0 radical (unpaired) electrons. The minimum atomic E-state index is -0.488. The molecule has 9 rings (SSSR count). The van der Waals surface area contributed by atoms with Crippen LogP contribution in [0.5, 0.6) is 0 Å². The van der Waals surface area contributed by atoms with Gasteiger partial charge in [0, 0.05) is 43.2 Å². The van der Waals surface area contributed by atoms with Crippen molar-refractivity contribution in [3.8, 4) is 11.1 Å². The number of carbonyl (C=O) groups is 1. The Morgan fingerprint density at radius 3 is 2.20 bits per heavy atom. The largest absolute Gasteiger partial charge is 0.392 e. The summed E-state index contributed by atoms with van der Waals surface area (Å²) >= 11 is 0. The maximum Gasteiger partial charge on any atom is 0.315 e. The molecule has 4 bridgehead atoms. The van der Waals surface area contributed by atoms with E-state index in [1.54, 1.807) is 0 Å². The maximum absolute atomic E-state index is 13.1. The quantitative estimate of drug-likeness (QED) is 0.166. The van der Waals surface area contributed by atoms with Crippen molar-refractivity contribution in [2.75, 3.05) is 13.1 Å². The van der Waals surface area contributed by atoms with E-state index in [2.05, 4.69) is 82.8 Å². The van der Waals surface area contributed by atoms with Crippen LogP contribution < -0.4 is 10.6 Å². The fourth-order valence-corrected chi connectivity index (χ4v) is 10.5. The second-order valence-corrected chi connectivity index (χ2v) is 16.4. The van der Waals surface area contributed by atoms with E-state index >= 15 is 0 Å². The Morgan fingerprint density at radius 2 is 1.53 bits per heavy atom. The number of carbonyl (C=O) groups excluding carboxylic acids is 1. The molecule has 3 aromatic carbocycles. The van der Waals surface area contributed by atoms with E-state index in [-0.39, 0.29) is 30.4 Å². The van der Waals surface area contributed by atoms with Crippen molar-refractivity contribution in [3.05, 3.63) is 108 Å². The fourth-order valence-electron chi connectivity index (χ4n) is 10.5. The Balaban J connectivity index is 0.931. The summed E-state index contributed by atoms with van der Waals surface area (Å²) in [7, 11) is 0. The third-order valence-electron chi connectivity index (χ3n) is 12.6. The number of ether oxygens (including phenoxy) is 2. The number of amides is 2. The molecule has 0 aromatic heterocycles. The molecule has 5 saturated carbocycles. The van der Waals surface area contributed by atoms with Crippen LogP contribution in [-0.2, 0) is 22.6 Å². The van der Waals surface area contributed by atoms with Gasteiger partial charge in [0.25, 0.3) is 0 Å². The van der Waals surface area contributed by atoms with Crippen LogP contribution in [0.25, 0.3) is 11.1 Å². The lowest BCUT2D eigenvalue weighted by Gasteiger charge is -2.56. The molecule has 5 aliphatic carbocycles. The second-order valence-electron chi connectivity index (χ2n) is 16.4. The topological polar surface area (TPSA) is 83.1 Å². The number of hydrogen-bond donors (Lipinski definition) is 3. The van der Waals surface area contributed by atoms with Gasteiger partial charge in [0.1, 0.15) is 0 Å². The summed E-state index contributed by atoms with van der Waals surface area (Å²) in [5, 5.41) is 16.2. The zero-order chi connectivity index (χ0) is 34.8. The first kappa shape index (κ1) is 34.6. The van der Waals surface area contributed by atoms with Gasteiger partial charge >= 0.3 is 6.03 Å². The standard InChI is InChI=1S/C44H55N3O4/c1-2-18-47(39-8-3-4-9-39)28-40-23-41(36-12-10-30(29-48)11-13-36)51-42(50-40)37-16-14-35(15-17-37)38-7-5-6-31(22-38)27-45-43(49)46-44-24-32-19-33(25-44)21-34(20-32)26-44/h2,5-7,10-17,22,32-34,39-42,48H,1,3-4,8-9,18-21,23-29H2,(H2,45,46,49). The first-order valence-corrected chi connectivity index (χ1v) is 19.5. The average Bonchev–Trinajstić information content (AvgIpc) is 3.69. The van der Waals surface area contributed by atoms with Crippen molar-refractivity contribution < 1.29 is 19.4 Å². The zero-order valence-electron chi connectivity index (χ0n) is 30.0. The minimum Gasteiger partial charge on any atom is -0.392 e. The van der Waals surface area contributed by atoms with Crippen molar-refractivity contribution >= 4 is 6.03 Å². The third kappa shape index (κ3) is 7.97. The van der Waals surface area contributed by atoms with Gasteiger partial charge in [0.2, 0.25) is 0 Å². The molecule has 3 atom stereocenters. The van der Waals surface area contributed by atoms with Crippen LogP contribution >= 0.6 is 0 Å². The molecule has 3 unspecified atom stereocenters. The van der Waals surface area contributed by atoms with Crippen LogP contribution in [0, 0.1) is 17.8 Å². The van der Waals surface area contributed by atoms with Gasteiger partial charge in [-0.3, -0.25) is 4.90 Å². The van der Waals surface area contributed by atoms with Gasteiger partial charge in [-0.05, 0) is 103 Å². The van der Waals surface area contributed by atoms with Gasteiger partial charge in [-0.25, -0.2) is 4.79 Å². The van der Waals surface area contributed by atoms with Crippen molar-refractivity contribution in [3.63, 3.8) is 0 Å². The molecule has 1 heterocycles. The first-order chi connectivity index (χ1) is 24.9. The molecule has 3 aromatic rings. The third-order valence-corrected chi connectivity index (χ3v) is 12.6. The van der Waals surface area contributed by atoms with Crippen molar-refractivity contribution in [1.29, 1.82) is 0 Å². The number of nitrogens with one attached hydrogen (secondary N) is 2. The molecule has 6 fully saturated rings. The van der Waals surface area contributed by atoms with Crippen LogP contribution in [0.15, 0.2) is 85.5 Å². The van der Waals surface area contributed by atoms with Gasteiger partial charge in [0.15, 0.2) is 6.29 Å². The number of hydrogen-bond acceptors (Lipinski definition) is 5. The fraction of sp³-hybridized carbons (Fsp3) is 0.523. The van der Waals surface area contributed by atoms with Gasteiger partial charge in [0.05, 0.1) is 18.8 Å². The molecule has 2 amide bonds. The van der Waals surface area contributed by atoms with Crippen molar-refractivity contribution in [1.82, 2.24) is 15.5 Å². The normalized spacial score (nSPS) is 30.1. The number of aliphatic hydroxyl groups is 1. The van der Waals surface area contributed by atoms with Gasteiger partial charge in [-0.1, -0.05) is 85.6 Å². The molecular weight excluding hydrogens is 635 g/mol. The Bertz CT molecular complexity index is 1610. The van der Waals surface area contributed by atoms with Gasteiger partial charge in [-0.2, -0.15) is 0 Å². The predicted molar refractivity (Wildman–Crippen MR) is 201 cm³/mol. The minimum absolute atomic E-state index is 0.0100. The Kier molecular flexibility index (Phi) is 10.3. The van der Waals surface area contributed by atoms with Crippen molar-refractivity contribution in [2.24, 2.45) is 17.8 Å². The summed E-state index contributed by atoms with van der Waals surface area (Å²) in [5.41, 5.74) is 6.32. The highest BCUT2D eigenvalue weighted by molar-refractivity contribution is 5.75. The highest BCUT2D eigenvalue weighted by Gasteiger charge is 2.51. The van der Waals surface area contributed by atoms with Crippen LogP contribution in [0.2, 0.25) is 0 Å². The monoisotopic (exact) mass is 689 g/mol. The zero-order valence-corrected chi connectivity index (χ0v) is 30.0. The van der Waals surface area contributed by atoms with Crippen LogP contribution in [0.3, 0.4) is 0 Å². The second kappa shape index (κ2) is 15.2. The number of nitrogens with zero attached hydrogens (tertiary/aromatic N) is 1. The van der Waals surface area contributed by atoms with Crippen molar-refractivity contribution in [2.45, 2.75) is 114 Å². The van der Waals surface area contributed by atoms with Gasteiger partial charge in [-0.15, -0.1) is 6.58 Å². The molecule has 1 saturated heterocycles. The summed E-state index contributed by atoms with van der Waals surface area (Å²) in [4.78, 5) is 15.7. The van der Waals surface area contributed by atoms with Crippen LogP contribution in [0.4, 0.5) is 4.79 Å². The molecule has 270 valence electrons. The Labute approximate surface area is 303 Å². The summed E-state index contributed by atoms with van der Waals surface area (Å²) in [6.45, 7) is 6.29. The van der Waals surface area contributed by atoms with Gasteiger partial charge < -0.3 is 25.2 Å². The molecule has 7 heteroatoms. The number of rotatable bonds is 12. The van der Waals surface area contributed by atoms with E-state index in [4.69, 9.17) is 9.47 Å². The molecular formula is C44H55N3O4. The smallest absolute Gasteiger partial charge is 0.315 e. The van der Waals surface area contributed by atoms with E-state index in [9.17, 15) is 9.90 Å². The van der Waals surface area contributed by atoms with E-state index in [1.165, 1.54) is 44.9 Å². The molecule has 0 spiro atoms. The lowest BCUT2D eigenvalue weighted by molar-refractivity contribution is -0.253. The molecule has 51 heavy (non-hydrogen) atoms. The summed E-state index contributed by atoms with van der Waals surface area (Å²) < 4.78 is 13.4. The highest BCUT2D eigenvalue weighted by Crippen LogP contribution is 2.55. The molecule has 7 nitrogen and oxygen atoms in total. The van der Waals surface area contributed by atoms with E-state index < -0.39 is 6.29 Å². The molecule has 1 aliphatic heterocycles. The Hall–Kier alpha value is -3.49. The lowest BCUT2D eigenvalue weighted by atomic mass is 9.53. The first-order valence-electron chi connectivity index (χ1n) is 19.5. The SMILES string of the molecule is C=CCN(CC1CC(c2ccc(CO)cc2)OC(c2ccc(-c3cccc(CNC(=O)NC45CC6CC(CC(C6)C4)C5)c3)cc2)O1)C1CCCC1. The lowest BCUT2D eigenvalue weighted by Crippen LogP contribution is -2.61. The summed E-state index contributed by atoms with van der Waals surface area (Å²) in [5.74, 6) is 2.41. The predicted octanol–water partition coefficient (Wildman–Crippen LogP) is 8.59.